The van der Waals surface area contributed by atoms with Gasteiger partial charge in [-0.25, -0.2) is 0 Å². The summed E-state index contributed by atoms with van der Waals surface area (Å²) in [5.74, 6) is 0. The van der Waals surface area contributed by atoms with Gasteiger partial charge in [-0.2, -0.15) is 0 Å². The third-order valence-electron chi connectivity index (χ3n) is 0. The van der Waals surface area contributed by atoms with Gasteiger partial charge in [-0.15, -0.1) is 0 Å². The maximum absolute atomic E-state index is 8.33. The summed E-state index contributed by atoms with van der Waals surface area (Å²) >= 11 is 0. The number of carbonyl (C=O) groups is 1. The van der Waals surface area contributed by atoms with Crippen LogP contribution in [0.2, 0.25) is 0 Å². The largest absolute Gasteiger partial charge is 3.00 e. The van der Waals surface area contributed by atoms with Crippen LogP contribution in [0.5, 0.6) is 0 Å². The van der Waals surface area contributed by atoms with Crippen LogP contribution in [-0.2, 0) is 0 Å². The van der Waals surface area contributed by atoms with Gasteiger partial charge in [0.15, 0.2) is 0 Å². The minimum Gasteiger partial charge on any atom is -0.870 e. The first-order valence-electron chi connectivity index (χ1n) is 0.612. The molecule has 1 N–H and O–H groups in total. The van der Waals surface area contributed by atoms with Crippen LogP contribution in [0.1, 0.15) is 0 Å². The number of rotatable bonds is 0. The van der Waals surface area contributed by atoms with Crippen molar-refractivity contribution in [2.24, 2.45) is 0 Å². The zero-order valence-corrected chi connectivity index (χ0v) is 6.90. The van der Waals surface area contributed by atoms with Crippen molar-refractivity contribution < 1.29 is 50.0 Å². The minimum absolute atomic E-state index is 0. The summed E-state index contributed by atoms with van der Waals surface area (Å²) in [7, 11) is 0. The molecule has 0 saturated carbocycles. The Balaban J connectivity index is -0.0000000150. The monoisotopic (exact) mass is 127 g/mol. The summed E-state index contributed by atoms with van der Waals surface area (Å²) in [5, 5.41) is 16.7. The molecule has 0 unspecified atom stereocenters. The van der Waals surface area contributed by atoms with Gasteiger partial charge in [0, 0.05) is 0 Å². The Morgan fingerprint density at radius 3 is 1.29 bits per heavy atom. The van der Waals surface area contributed by atoms with Gasteiger partial charge in [0.25, 0.3) is 0 Å². The van der Waals surface area contributed by atoms with Crippen LogP contribution in [0.4, 0.5) is 4.79 Å². The smallest absolute Gasteiger partial charge is 0.870 e. The second-order valence-electron chi connectivity index (χ2n) is 0.250. The third kappa shape index (κ3) is 264. The summed E-state index contributed by atoms with van der Waals surface area (Å²) in [6, 6.07) is 0. The first kappa shape index (κ1) is 25.1. The van der Waals surface area contributed by atoms with Crippen LogP contribution in [0, 0.1) is 0 Å². The Kier molecular flexibility index (Phi) is 56.8. The molecular formula is CHAlNaO4+. The molecule has 0 aromatic heterocycles. The average Bonchev–Trinajstić information content (AvgIpc) is 0.811. The van der Waals surface area contributed by atoms with Crippen LogP contribution in [0.15, 0.2) is 0 Å². The Bertz CT molecular complexity index is 34.7. The average molecular weight is 127 g/mol. The van der Waals surface area contributed by atoms with Gasteiger partial charge in [0.2, 0.25) is 0 Å². The molecule has 0 saturated heterocycles. The molecule has 0 heterocycles. The number of hydrogen-bond acceptors (Lipinski definition) is 4. The van der Waals surface area contributed by atoms with E-state index >= 15 is 0 Å². The normalized spacial score (nSPS) is 3.43. The molecule has 0 rings (SSSR count). The summed E-state index contributed by atoms with van der Waals surface area (Å²) in [5.41, 5.74) is 0. The Hall–Kier alpha value is 0.762. The van der Waals surface area contributed by atoms with E-state index in [0.29, 0.717) is 0 Å². The summed E-state index contributed by atoms with van der Waals surface area (Å²) in [6.45, 7) is 0. The van der Waals surface area contributed by atoms with Crippen molar-refractivity contribution in [3.05, 3.63) is 0 Å². The summed E-state index contributed by atoms with van der Waals surface area (Å²) in [4.78, 5) is 8.33. The molecule has 0 fully saturated rings. The Labute approximate surface area is 73.3 Å². The molecule has 0 aromatic carbocycles. The first-order chi connectivity index (χ1) is 1.73. The van der Waals surface area contributed by atoms with Gasteiger partial charge in [-0.3, -0.25) is 0 Å². The van der Waals surface area contributed by atoms with Gasteiger partial charge < -0.3 is 20.5 Å². The number of carboxylic acid groups (broad SMARTS) is 2. The molecule has 0 radical (unpaired) electrons. The molecule has 0 bridgehead atoms. The molecule has 0 aliphatic rings. The molecule has 4 nitrogen and oxygen atoms in total. The molecule has 0 aromatic rings. The van der Waals surface area contributed by atoms with Gasteiger partial charge in [0.05, 0.1) is 0 Å². The molecular weight excluding hydrogens is 126 g/mol. The van der Waals surface area contributed by atoms with Crippen molar-refractivity contribution in [2.75, 3.05) is 0 Å². The van der Waals surface area contributed by atoms with Crippen molar-refractivity contribution in [2.45, 2.75) is 0 Å². The van der Waals surface area contributed by atoms with Crippen LogP contribution >= 0.6 is 0 Å². The van der Waals surface area contributed by atoms with Crippen molar-refractivity contribution in [3.8, 4) is 0 Å². The Morgan fingerprint density at radius 1 is 1.29 bits per heavy atom. The molecule has 6 heteroatoms. The van der Waals surface area contributed by atoms with Crippen LogP contribution in [0.25, 0.3) is 0 Å². The first-order valence-corrected chi connectivity index (χ1v) is 0.612. The van der Waals surface area contributed by atoms with Crippen LogP contribution in [0.3, 0.4) is 0 Å². The van der Waals surface area contributed by atoms with Gasteiger partial charge in [-0.1, -0.05) is 0 Å². The maximum Gasteiger partial charge on any atom is 3.00 e. The molecule has 0 atom stereocenters. The zero-order chi connectivity index (χ0) is 3.58. The van der Waals surface area contributed by atoms with E-state index in [0.717, 1.165) is 0 Å². The predicted molar refractivity (Wildman–Crippen MR) is 13.1 cm³/mol. The fourth-order valence-corrected chi connectivity index (χ4v) is 0. The minimum atomic E-state index is -2.33. The fourth-order valence-electron chi connectivity index (χ4n) is 0. The summed E-state index contributed by atoms with van der Waals surface area (Å²) in [6.07, 6.45) is -2.33. The van der Waals surface area contributed by atoms with Crippen molar-refractivity contribution in [1.29, 1.82) is 0 Å². The standard InChI is InChI=1S/CH2O3.Al.Na.H2O/c2-1(3)4;;;/h(H2,2,3,4);;;1H2/q;+3;+1;/p-3. The predicted octanol–water partition coefficient (Wildman–Crippen LogP) is -6.00. The van der Waals surface area contributed by atoms with Gasteiger partial charge in [0.1, 0.15) is 0 Å². The SMILES string of the molecule is O=C([O-])[O-].[Al+3].[Na+].[OH-]. The van der Waals surface area contributed by atoms with Crippen LogP contribution in [-0.4, -0.2) is 29.0 Å². The van der Waals surface area contributed by atoms with E-state index in [1.54, 1.807) is 0 Å². The van der Waals surface area contributed by atoms with E-state index in [1.165, 1.54) is 0 Å². The van der Waals surface area contributed by atoms with E-state index in [1.807, 2.05) is 0 Å². The number of carbonyl (C=O) groups excluding carboxylic acids is 1. The quantitative estimate of drug-likeness (QED) is 0.303. The van der Waals surface area contributed by atoms with E-state index in [4.69, 9.17) is 15.0 Å². The third-order valence-corrected chi connectivity index (χ3v) is 0. The van der Waals surface area contributed by atoms with Crippen molar-refractivity contribution in [1.82, 2.24) is 0 Å². The molecule has 32 valence electrons. The molecule has 0 aliphatic heterocycles. The Morgan fingerprint density at radius 2 is 1.29 bits per heavy atom. The van der Waals surface area contributed by atoms with Crippen LogP contribution < -0.4 is 39.8 Å². The van der Waals surface area contributed by atoms with E-state index < -0.39 is 6.16 Å². The molecule has 0 aliphatic carbocycles. The second-order valence-corrected chi connectivity index (χ2v) is 0.250. The van der Waals surface area contributed by atoms with E-state index in [2.05, 4.69) is 0 Å². The molecule has 0 amide bonds. The van der Waals surface area contributed by atoms with Gasteiger partial charge >= 0.3 is 46.9 Å². The molecule has 0 spiro atoms. The van der Waals surface area contributed by atoms with E-state index in [9.17, 15) is 0 Å². The van der Waals surface area contributed by atoms with Crippen molar-refractivity contribution >= 4 is 23.5 Å². The topological polar surface area (TPSA) is 93.2 Å². The maximum atomic E-state index is 8.33. The molecule has 7 heavy (non-hydrogen) atoms. The van der Waals surface area contributed by atoms with Gasteiger partial charge in [-0.05, 0) is 6.16 Å². The number of hydrogen-bond donors (Lipinski definition) is 0. The van der Waals surface area contributed by atoms with Crippen molar-refractivity contribution in [3.63, 3.8) is 0 Å². The van der Waals surface area contributed by atoms with E-state index in [-0.39, 0.29) is 52.4 Å². The fraction of sp³-hybridized carbons (Fsp3) is 0. The second kappa shape index (κ2) is 15.9. The zero-order valence-electron chi connectivity index (χ0n) is 3.75. The summed E-state index contributed by atoms with van der Waals surface area (Å²) < 4.78 is 0.